The van der Waals surface area contributed by atoms with Crippen LogP contribution in [0.4, 0.5) is 0 Å². The summed E-state index contributed by atoms with van der Waals surface area (Å²) in [7, 11) is 0. The first-order chi connectivity index (χ1) is 10.9. The summed E-state index contributed by atoms with van der Waals surface area (Å²) in [5.74, 6) is -1.53. The van der Waals surface area contributed by atoms with Crippen molar-refractivity contribution in [2.45, 2.75) is 18.9 Å². The third-order valence-electron chi connectivity index (χ3n) is 3.57. The van der Waals surface area contributed by atoms with Gasteiger partial charge in [-0.2, -0.15) is 0 Å². The van der Waals surface area contributed by atoms with E-state index in [0.717, 1.165) is 4.88 Å². The molecule has 1 amide bonds. The molecular weight excluding hydrogens is 360 g/mol. The summed E-state index contributed by atoms with van der Waals surface area (Å²) in [6, 6.07) is 3.61. The Balaban J connectivity index is 1.85. The zero-order valence-electron chi connectivity index (χ0n) is 12.1. The number of rotatable bonds is 4. The van der Waals surface area contributed by atoms with Crippen LogP contribution in [0.1, 0.15) is 21.8 Å². The minimum atomic E-state index is -1.36. The molecule has 1 fully saturated rings. The molecule has 122 valence electrons. The number of carbonyl (C=O) groups excluding carboxylic acids is 1. The Bertz CT molecular complexity index is 765. The molecule has 0 aliphatic carbocycles. The van der Waals surface area contributed by atoms with Crippen molar-refractivity contribution in [1.29, 1.82) is 0 Å². The van der Waals surface area contributed by atoms with Gasteiger partial charge in [-0.25, -0.2) is 9.78 Å². The Morgan fingerprint density at radius 3 is 2.78 bits per heavy atom. The number of halogens is 1. The molecule has 9 heteroatoms. The van der Waals surface area contributed by atoms with Crippen molar-refractivity contribution in [3.05, 3.63) is 27.0 Å². The molecule has 0 saturated carbocycles. The normalized spacial score (nSPS) is 20.6. The highest BCUT2D eigenvalue weighted by Gasteiger charge is 2.44. The number of carboxylic acid groups (broad SMARTS) is 1. The van der Waals surface area contributed by atoms with Gasteiger partial charge in [-0.3, -0.25) is 4.79 Å². The van der Waals surface area contributed by atoms with Gasteiger partial charge in [0.2, 0.25) is 0 Å². The monoisotopic (exact) mass is 372 g/mol. The first-order valence-corrected chi connectivity index (χ1v) is 8.79. The molecule has 0 aromatic carbocycles. The molecule has 23 heavy (non-hydrogen) atoms. The van der Waals surface area contributed by atoms with Crippen LogP contribution in [0.25, 0.3) is 9.88 Å². The molecule has 2 aromatic rings. The van der Waals surface area contributed by atoms with Crippen LogP contribution in [0.15, 0.2) is 12.1 Å². The number of aromatic nitrogens is 1. The van der Waals surface area contributed by atoms with Gasteiger partial charge >= 0.3 is 5.97 Å². The molecule has 1 aliphatic heterocycles. The van der Waals surface area contributed by atoms with Gasteiger partial charge in [0.15, 0.2) is 5.54 Å². The quantitative estimate of drug-likeness (QED) is 0.861. The molecule has 0 bridgehead atoms. The van der Waals surface area contributed by atoms with Gasteiger partial charge in [-0.05, 0) is 19.1 Å². The van der Waals surface area contributed by atoms with Crippen LogP contribution in [-0.4, -0.2) is 40.7 Å². The number of carboxylic acids is 1. The summed E-state index contributed by atoms with van der Waals surface area (Å²) in [6.45, 7) is 2.01. The van der Waals surface area contributed by atoms with E-state index in [1.807, 2.05) is 6.07 Å². The van der Waals surface area contributed by atoms with Crippen molar-refractivity contribution in [3.8, 4) is 9.88 Å². The van der Waals surface area contributed by atoms with E-state index in [2.05, 4.69) is 10.3 Å². The second-order valence-corrected chi connectivity index (χ2v) is 7.90. The fraction of sp³-hybridized carbons (Fsp3) is 0.357. The van der Waals surface area contributed by atoms with Gasteiger partial charge in [0.1, 0.15) is 9.88 Å². The SMILES string of the molecule is Cc1nc(-c2ccc(Cl)s2)sc1C(=O)NC1(C(=O)O)CCOC1. The predicted octanol–water partition coefficient (Wildman–Crippen LogP) is 2.81. The minimum absolute atomic E-state index is 0.0285. The summed E-state index contributed by atoms with van der Waals surface area (Å²) in [5.41, 5.74) is -0.800. The van der Waals surface area contributed by atoms with Crippen molar-refractivity contribution in [1.82, 2.24) is 10.3 Å². The van der Waals surface area contributed by atoms with Crippen molar-refractivity contribution in [2.24, 2.45) is 0 Å². The van der Waals surface area contributed by atoms with Gasteiger partial charge < -0.3 is 15.2 Å². The Labute approximate surface area is 145 Å². The maximum atomic E-state index is 12.5. The Hall–Kier alpha value is -1.48. The summed E-state index contributed by atoms with van der Waals surface area (Å²) in [6.07, 6.45) is 0.249. The molecule has 1 atom stereocenters. The second kappa shape index (κ2) is 6.20. The van der Waals surface area contributed by atoms with Gasteiger partial charge in [-0.1, -0.05) is 11.6 Å². The van der Waals surface area contributed by atoms with Crippen LogP contribution in [0.5, 0.6) is 0 Å². The standard InChI is InChI=1S/C14H13ClN2O4S2/c1-7-10(23-12(16-7)8-2-3-9(15)22-8)11(18)17-14(13(19)20)4-5-21-6-14/h2-3H,4-6H2,1H3,(H,17,18)(H,19,20). The Morgan fingerprint density at radius 2 is 2.22 bits per heavy atom. The van der Waals surface area contributed by atoms with Gasteiger partial charge in [0, 0.05) is 13.0 Å². The fourth-order valence-electron chi connectivity index (χ4n) is 2.30. The van der Waals surface area contributed by atoms with Crippen LogP contribution >= 0.6 is 34.3 Å². The van der Waals surface area contributed by atoms with Crippen LogP contribution in [0, 0.1) is 6.92 Å². The zero-order valence-corrected chi connectivity index (χ0v) is 14.5. The van der Waals surface area contributed by atoms with E-state index in [1.54, 1.807) is 13.0 Å². The number of amides is 1. The zero-order chi connectivity index (χ0) is 16.6. The molecule has 1 saturated heterocycles. The van der Waals surface area contributed by atoms with Crippen LogP contribution in [0.2, 0.25) is 4.34 Å². The number of carbonyl (C=O) groups is 2. The molecule has 3 rings (SSSR count). The lowest BCUT2D eigenvalue weighted by Gasteiger charge is -2.23. The van der Waals surface area contributed by atoms with E-state index >= 15 is 0 Å². The second-order valence-electron chi connectivity index (χ2n) is 5.18. The summed E-state index contributed by atoms with van der Waals surface area (Å²) >= 11 is 8.52. The van der Waals surface area contributed by atoms with Gasteiger partial charge in [0.25, 0.3) is 5.91 Å². The van der Waals surface area contributed by atoms with Gasteiger partial charge in [0.05, 0.1) is 21.5 Å². The average Bonchev–Trinajstić information content (AvgIpc) is 3.19. The number of ether oxygens (including phenoxy) is 1. The summed E-state index contributed by atoms with van der Waals surface area (Å²) in [4.78, 5) is 29.6. The maximum Gasteiger partial charge on any atom is 0.331 e. The van der Waals surface area contributed by atoms with Crippen molar-refractivity contribution >= 4 is 46.2 Å². The molecular formula is C14H13ClN2O4S2. The van der Waals surface area contributed by atoms with Crippen molar-refractivity contribution < 1.29 is 19.4 Å². The molecule has 2 N–H and O–H groups in total. The largest absolute Gasteiger partial charge is 0.479 e. The lowest BCUT2D eigenvalue weighted by atomic mass is 9.99. The van der Waals surface area contributed by atoms with E-state index in [0.29, 0.717) is 26.5 Å². The van der Waals surface area contributed by atoms with E-state index in [9.17, 15) is 14.7 Å². The third-order valence-corrected chi connectivity index (χ3v) is 6.13. The number of thiophene rings is 1. The summed E-state index contributed by atoms with van der Waals surface area (Å²) in [5, 5.41) is 12.7. The van der Waals surface area contributed by atoms with Crippen LogP contribution < -0.4 is 5.32 Å². The highest BCUT2D eigenvalue weighted by atomic mass is 35.5. The average molecular weight is 373 g/mol. The number of nitrogens with one attached hydrogen (secondary N) is 1. The highest BCUT2D eigenvalue weighted by molar-refractivity contribution is 7.24. The van der Waals surface area contributed by atoms with Crippen molar-refractivity contribution in [3.63, 3.8) is 0 Å². The predicted molar refractivity (Wildman–Crippen MR) is 88.4 cm³/mol. The lowest BCUT2D eigenvalue weighted by Crippen LogP contribution is -2.55. The molecule has 1 unspecified atom stereocenters. The maximum absolute atomic E-state index is 12.5. The lowest BCUT2D eigenvalue weighted by molar-refractivity contribution is -0.144. The van der Waals surface area contributed by atoms with E-state index in [1.165, 1.54) is 22.7 Å². The van der Waals surface area contributed by atoms with E-state index in [4.69, 9.17) is 16.3 Å². The molecule has 0 spiro atoms. The number of aryl methyl sites for hydroxylation is 1. The van der Waals surface area contributed by atoms with E-state index < -0.39 is 17.4 Å². The molecule has 2 aromatic heterocycles. The smallest absolute Gasteiger partial charge is 0.331 e. The van der Waals surface area contributed by atoms with Crippen molar-refractivity contribution in [2.75, 3.05) is 13.2 Å². The number of hydrogen-bond acceptors (Lipinski definition) is 6. The third kappa shape index (κ3) is 3.12. The molecule has 0 radical (unpaired) electrons. The first-order valence-electron chi connectivity index (χ1n) is 6.78. The van der Waals surface area contributed by atoms with Crippen LogP contribution in [-0.2, 0) is 9.53 Å². The fourth-order valence-corrected chi connectivity index (χ4v) is 4.36. The molecule has 1 aliphatic rings. The Kier molecular flexibility index (Phi) is 4.41. The van der Waals surface area contributed by atoms with Gasteiger partial charge in [-0.15, -0.1) is 22.7 Å². The number of nitrogens with zero attached hydrogens (tertiary/aromatic N) is 1. The minimum Gasteiger partial charge on any atom is -0.479 e. The van der Waals surface area contributed by atoms with Crippen LogP contribution in [0.3, 0.4) is 0 Å². The number of aliphatic carboxylic acids is 1. The number of hydrogen-bond donors (Lipinski definition) is 2. The van der Waals surface area contributed by atoms with E-state index in [-0.39, 0.29) is 13.0 Å². The number of thiazole rings is 1. The summed E-state index contributed by atoms with van der Waals surface area (Å²) < 4.78 is 5.79. The Morgan fingerprint density at radius 1 is 1.43 bits per heavy atom. The molecule has 3 heterocycles. The highest BCUT2D eigenvalue weighted by Crippen LogP contribution is 2.35. The topological polar surface area (TPSA) is 88.5 Å². The molecule has 6 nitrogen and oxygen atoms in total. The first kappa shape index (κ1) is 16.4.